The molecule has 0 radical (unpaired) electrons. The minimum atomic E-state index is -3.76. The van der Waals surface area contributed by atoms with E-state index >= 15 is 0 Å². The van der Waals surface area contributed by atoms with Crippen LogP contribution in [0.15, 0.2) is 10.8 Å². The predicted octanol–water partition coefficient (Wildman–Crippen LogP) is 2.23. The predicted molar refractivity (Wildman–Crippen MR) is 40.6 cm³/mol. The molecular formula is C7H6F2O2S. The lowest BCUT2D eigenvalue weighted by Crippen LogP contribution is -2.25. The van der Waals surface area contributed by atoms with E-state index in [2.05, 4.69) is 0 Å². The van der Waals surface area contributed by atoms with E-state index in [9.17, 15) is 13.6 Å². The van der Waals surface area contributed by atoms with E-state index in [4.69, 9.17) is 5.11 Å². The van der Waals surface area contributed by atoms with Crippen molar-refractivity contribution in [2.75, 3.05) is 0 Å². The number of carboxylic acid groups (broad SMARTS) is 1. The van der Waals surface area contributed by atoms with Crippen LogP contribution in [0.1, 0.15) is 11.1 Å². The number of rotatable bonds is 2. The molecule has 0 fully saturated rings. The molecule has 0 spiro atoms. The molecule has 0 atom stereocenters. The number of halogens is 2. The van der Waals surface area contributed by atoms with Crippen LogP contribution in [0.2, 0.25) is 0 Å². The third kappa shape index (κ3) is 1.32. The van der Waals surface area contributed by atoms with Crippen molar-refractivity contribution in [3.8, 4) is 0 Å². The number of carbonyl (C=O) groups is 1. The van der Waals surface area contributed by atoms with Gasteiger partial charge in [-0.25, -0.2) is 4.79 Å². The third-order valence-electron chi connectivity index (χ3n) is 1.46. The third-order valence-corrected chi connectivity index (χ3v) is 2.32. The van der Waals surface area contributed by atoms with Gasteiger partial charge in [0.05, 0.1) is 0 Å². The Hall–Kier alpha value is -0.970. The van der Waals surface area contributed by atoms with Gasteiger partial charge in [-0.15, -0.1) is 0 Å². The van der Waals surface area contributed by atoms with Gasteiger partial charge in [0.1, 0.15) is 0 Å². The number of aryl methyl sites for hydroxylation is 1. The van der Waals surface area contributed by atoms with Crippen LogP contribution in [0.25, 0.3) is 0 Å². The molecule has 0 bridgehead atoms. The quantitative estimate of drug-likeness (QED) is 0.780. The number of alkyl halides is 2. The van der Waals surface area contributed by atoms with E-state index in [1.165, 1.54) is 12.3 Å². The second-order valence-corrected chi connectivity index (χ2v) is 3.09. The molecule has 1 N–H and O–H groups in total. The van der Waals surface area contributed by atoms with E-state index < -0.39 is 17.5 Å². The van der Waals surface area contributed by atoms with Crippen molar-refractivity contribution in [1.29, 1.82) is 0 Å². The average molecular weight is 192 g/mol. The molecule has 0 saturated heterocycles. The van der Waals surface area contributed by atoms with Gasteiger partial charge in [-0.1, -0.05) is 0 Å². The lowest BCUT2D eigenvalue weighted by Gasteiger charge is -2.09. The van der Waals surface area contributed by atoms with Crippen molar-refractivity contribution in [1.82, 2.24) is 0 Å². The van der Waals surface area contributed by atoms with Crippen molar-refractivity contribution in [2.45, 2.75) is 12.8 Å². The highest BCUT2D eigenvalue weighted by Crippen LogP contribution is 2.32. The molecular weight excluding hydrogens is 186 g/mol. The Labute approximate surface area is 71.5 Å². The molecule has 2 nitrogen and oxygen atoms in total. The smallest absolute Gasteiger partial charge is 0.379 e. The molecule has 1 rings (SSSR count). The molecule has 0 aliphatic carbocycles. The van der Waals surface area contributed by atoms with Crippen molar-refractivity contribution >= 4 is 17.3 Å². The Bertz CT molecular complexity index is 306. The Balaban J connectivity index is 3.13. The number of hydrogen-bond acceptors (Lipinski definition) is 2. The van der Waals surface area contributed by atoms with Gasteiger partial charge >= 0.3 is 11.9 Å². The molecule has 0 aliphatic rings. The van der Waals surface area contributed by atoms with Gasteiger partial charge < -0.3 is 5.11 Å². The monoisotopic (exact) mass is 192 g/mol. The van der Waals surface area contributed by atoms with Gasteiger partial charge in [-0.05, 0) is 17.9 Å². The molecule has 12 heavy (non-hydrogen) atoms. The first-order valence-electron chi connectivity index (χ1n) is 3.10. The van der Waals surface area contributed by atoms with Crippen molar-refractivity contribution in [2.24, 2.45) is 0 Å². The Kier molecular flexibility index (Phi) is 2.14. The number of aliphatic carboxylic acids is 1. The highest BCUT2D eigenvalue weighted by Gasteiger charge is 2.42. The molecule has 1 aromatic heterocycles. The zero-order valence-corrected chi connectivity index (χ0v) is 6.99. The van der Waals surface area contributed by atoms with Crippen LogP contribution in [0.4, 0.5) is 8.78 Å². The fourth-order valence-electron chi connectivity index (χ4n) is 0.797. The molecule has 0 aromatic carbocycles. The van der Waals surface area contributed by atoms with Crippen LogP contribution in [0, 0.1) is 6.92 Å². The molecule has 1 aromatic rings. The van der Waals surface area contributed by atoms with Gasteiger partial charge in [-0.2, -0.15) is 20.1 Å². The lowest BCUT2D eigenvalue weighted by molar-refractivity contribution is -0.166. The van der Waals surface area contributed by atoms with Crippen LogP contribution in [0.3, 0.4) is 0 Å². The zero-order valence-electron chi connectivity index (χ0n) is 6.17. The Morgan fingerprint density at radius 3 is 2.50 bits per heavy atom. The maximum atomic E-state index is 12.8. The minimum absolute atomic E-state index is 0.312. The van der Waals surface area contributed by atoms with Crippen molar-refractivity contribution in [3.63, 3.8) is 0 Å². The second kappa shape index (κ2) is 2.82. The molecule has 0 unspecified atom stereocenters. The van der Waals surface area contributed by atoms with Crippen LogP contribution in [0.5, 0.6) is 0 Å². The normalized spacial score (nSPS) is 11.6. The summed E-state index contributed by atoms with van der Waals surface area (Å²) in [6.45, 7) is 1.46. The SMILES string of the molecule is Cc1cscc1C(F)(F)C(=O)O. The van der Waals surface area contributed by atoms with Crippen LogP contribution < -0.4 is 0 Å². The number of carboxylic acids is 1. The average Bonchev–Trinajstić information content (AvgIpc) is 2.35. The minimum Gasteiger partial charge on any atom is -0.477 e. The summed E-state index contributed by atoms with van der Waals surface area (Å²) in [5.74, 6) is -5.87. The first kappa shape index (κ1) is 9.12. The van der Waals surface area contributed by atoms with Gasteiger partial charge in [0.2, 0.25) is 0 Å². The van der Waals surface area contributed by atoms with E-state index in [0.717, 1.165) is 16.7 Å². The summed E-state index contributed by atoms with van der Waals surface area (Å²) in [4.78, 5) is 10.1. The molecule has 1 heterocycles. The molecule has 66 valence electrons. The molecule has 0 aliphatic heterocycles. The summed E-state index contributed by atoms with van der Waals surface area (Å²) in [6.07, 6.45) is 0. The lowest BCUT2D eigenvalue weighted by atomic mass is 10.1. The van der Waals surface area contributed by atoms with E-state index in [-0.39, 0.29) is 0 Å². The highest BCUT2D eigenvalue weighted by molar-refractivity contribution is 7.08. The first-order valence-corrected chi connectivity index (χ1v) is 4.05. The number of hydrogen-bond donors (Lipinski definition) is 1. The maximum Gasteiger partial charge on any atom is 0.379 e. The number of thiophene rings is 1. The zero-order chi connectivity index (χ0) is 9.35. The van der Waals surface area contributed by atoms with E-state index in [1.54, 1.807) is 0 Å². The molecule has 0 saturated carbocycles. The summed E-state index contributed by atoms with van der Waals surface area (Å²) in [6, 6.07) is 0. The topological polar surface area (TPSA) is 37.3 Å². The van der Waals surface area contributed by atoms with Crippen LogP contribution in [-0.4, -0.2) is 11.1 Å². The van der Waals surface area contributed by atoms with E-state index in [0.29, 0.717) is 5.56 Å². The van der Waals surface area contributed by atoms with Gasteiger partial charge in [0.15, 0.2) is 0 Å². The second-order valence-electron chi connectivity index (χ2n) is 2.35. The van der Waals surface area contributed by atoms with E-state index in [1.807, 2.05) is 0 Å². The Morgan fingerprint density at radius 1 is 1.58 bits per heavy atom. The van der Waals surface area contributed by atoms with Crippen molar-refractivity contribution in [3.05, 3.63) is 21.9 Å². The Morgan fingerprint density at radius 2 is 2.17 bits per heavy atom. The maximum absolute atomic E-state index is 12.8. The highest BCUT2D eigenvalue weighted by atomic mass is 32.1. The largest absolute Gasteiger partial charge is 0.477 e. The molecule has 5 heteroatoms. The summed E-state index contributed by atoms with van der Waals surface area (Å²) in [5, 5.41) is 10.8. The first-order chi connectivity index (χ1) is 5.46. The summed E-state index contributed by atoms with van der Waals surface area (Å²) in [5.41, 5.74) is -0.104. The fraction of sp³-hybridized carbons (Fsp3) is 0.286. The standard InChI is InChI=1S/C7H6F2O2S/c1-4-2-12-3-5(4)7(8,9)6(10)11/h2-3H,1H3,(H,10,11). The van der Waals surface area contributed by atoms with Gasteiger partial charge in [-0.3, -0.25) is 0 Å². The fourth-order valence-corrected chi connectivity index (χ4v) is 1.67. The van der Waals surface area contributed by atoms with Crippen molar-refractivity contribution < 1.29 is 18.7 Å². The summed E-state index contributed by atoms with van der Waals surface area (Å²) >= 11 is 1.07. The molecule has 0 amide bonds. The summed E-state index contributed by atoms with van der Waals surface area (Å²) in [7, 11) is 0. The van der Waals surface area contributed by atoms with Crippen LogP contribution >= 0.6 is 11.3 Å². The van der Waals surface area contributed by atoms with Gasteiger partial charge in [0.25, 0.3) is 0 Å². The van der Waals surface area contributed by atoms with Gasteiger partial charge in [0, 0.05) is 10.9 Å². The van der Waals surface area contributed by atoms with Crippen LogP contribution in [-0.2, 0) is 10.7 Å². The summed E-state index contributed by atoms with van der Waals surface area (Å²) < 4.78 is 25.6.